The summed E-state index contributed by atoms with van der Waals surface area (Å²) in [6, 6.07) is 9.32. The van der Waals surface area contributed by atoms with Crippen LogP contribution in [-0.2, 0) is 4.79 Å². The zero-order valence-corrected chi connectivity index (χ0v) is 7.53. The van der Waals surface area contributed by atoms with Crippen molar-refractivity contribution in [2.45, 2.75) is 0 Å². The summed E-state index contributed by atoms with van der Waals surface area (Å²) >= 11 is 0. The molecule has 0 atom stereocenters. The van der Waals surface area contributed by atoms with Gasteiger partial charge >= 0.3 is 0 Å². The van der Waals surface area contributed by atoms with Crippen molar-refractivity contribution < 1.29 is 4.79 Å². The molecule has 2 aromatic rings. The number of aromatic nitrogens is 1. The Bertz CT molecular complexity index is 474. The lowest BCUT2D eigenvalue weighted by atomic mass is 10.2. The molecule has 1 aromatic carbocycles. The van der Waals surface area contributed by atoms with Crippen LogP contribution in [0.25, 0.3) is 10.9 Å². The first-order valence-electron chi connectivity index (χ1n) is 4.24. The minimum atomic E-state index is -0.318. The Balaban J connectivity index is 2.59. The van der Waals surface area contributed by atoms with Gasteiger partial charge in [0.05, 0.1) is 11.2 Å². The molecule has 0 spiro atoms. The zero-order valence-electron chi connectivity index (χ0n) is 7.53. The topological polar surface area (TPSA) is 42.0 Å². The molecule has 2 rings (SSSR count). The van der Waals surface area contributed by atoms with Crippen molar-refractivity contribution in [3.63, 3.8) is 0 Å². The van der Waals surface area contributed by atoms with Crippen LogP contribution in [0, 0.1) is 6.92 Å². The third kappa shape index (κ3) is 1.57. The summed E-state index contributed by atoms with van der Waals surface area (Å²) in [5, 5.41) is 3.58. The quantitative estimate of drug-likeness (QED) is 0.738. The number of rotatable bonds is 1. The number of amides is 1. The predicted octanol–water partition coefficient (Wildman–Crippen LogP) is 2.01. The van der Waals surface area contributed by atoms with E-state index in [1.165, 1.54) is 0 Å². The van der Waals surface area contributed by atoms with Crippen molar-refractivity contribution in [1.82, 2.24) is 4.98 Å². The minimum Gasteiger partial charge on any atom is -0.325 e. The van der Waals surface area contributed by atoms with E-state index in [1.807, 2.05) is 30.3 Å². The summed E-state index contributed by atoms with van der Waals surface area (Å²) in [7, 11) is 0. The normalized spacial score (nSPS) is 10.1. The van der Waals surface area contributed by atoms with Crippen LogP contribution < -0.4 is 5.32 Å². The molecule has 3 nitrogen and oxygen atoms in total. The Hall–Kier alpha value is -1.90. The van der Waals surface area contributed by atoms with Crippen LogP contribution >= 0.6 is 0 Å². The van der Waals surface area contributed by atoms with E-state index in [9.17, 15) is 4.79 Å². The first kappa shape index (κ1) is 8.69. The van der Waals surface area contributed by atoms with Gasteiger partial charge in [-0.3, -0.25) is 9.78 Å². The molecule has 0 aliphatic heterocycles. The van der Waals surface area contributed by atoms with Crippen LogP contribution in [0.1, 0.15) is 0 Å². The van der Waals surface area contributed by atoms with E-state index >= 15 is 0 Å². The molecule has 0 saturated heterocycles. The van der Waals surface area contributed by atoms with Crippen LogP contribution in [0.4, 0.5) is 5.69 Å². The van der Waals surface area contributed by atoms with Crippen LogP contribution in [0.2, 0.25) is 0 Å². The molecule has 1 aromatic heterocycles. The van der Waals surface area contributed by atoms with Crippen LogP contribution in [0.15, 0.2) is 36.5 Å². The summed E-state index contributed by atoms with van der Waals surface area (Å²) < 4.78 is 0. The van der Waals surface area contributed by atoms with Gasteiger partial charge in [-0.1, -0.05) is 6.07 Å². The van der Waals surface area contributed by atoms with E-state index in [0.717, 1.165) is 16.6 Å². The zero-order chi connectivity index (χ0) is 9.97. The number of carbonyl (C=O) groups excluding carboxylic acids is 1. The van der Waals surface area contributed by atoms with E-state index < -0.39 is 0 Å². The molecule has 14 heavy (non-hydrogen) atoms. The summed E-state index contributed by atoms with van der Waals surface area (Å²) in [4.78, 5) is 15.0. The lowest BCUT2D eigenvalue weighted by Gasteiger charge is -2.05. The maximum absolute atomic E-state index is 10.8. The number of pyridine rings is 1. The summed E-state index contributed by atoms with van der Waals surface area (Å²) in [6.45, 7) is 3.27. The Morgan fingerprint density at radius 2 is 2.14 bits per heavy atom. The largest absolute Gasteiger partial charge is 0.325 e. The maximum Gasteiger partial charge on any atom is 0.224 e. The molecular weight excluding hydrogens is 176 g/mol. The highest BCUT2D eigenvalue weighted by molar-refractivity contribution is 6.02. The predicted molar refractivity (Wildman–Crippen MR) is 55.7 cm³/mol. The number of hydrogen-bond acceptors (Lipinski definition) is 2. The third-order valence-electron chi connectivity index (χ3n) is 1.92. The van der Waals surface area contributed by atoms with Gasteiger partial charge in [0.25, 0.3) is 0 Å². The first-order chi connectivity index (χ1) is 6.77. The Kier molecular flexibility index (Phi) is 2.14. The molecule has 0 unspecified atom stereocenters. The monoisotopic (exact) mass is 185 g/mol. The molecule has 69 valence electrons. The molecule has 1 radical (unpaired) electrons. The summed E-state index contributed by atoms with van der Waals surface area (Å²) in [5.74, 6) is -0.318. The Labute approximate surface area is 81.8 Å². The van der Waals surface area contributed by atoms with Gasteiger partial charge < -0.3 is 5.32 Å². The lowest BCUT2D eigenvalue weighted by molar-refractivity contribution is -0.112. The minimum absolute atomic E-state index is 0.318. The first-order valence-corrected chi connectivity index (χ1v) is 4.24. The second-order valence-electron chi connectivity index (χ2n) is 2.92. The number of anilines is 1. The van der Waals surface area contributed by atoms with Crippen molar-refractivity contribution >= 4 is 22.5 Å². The molecule has 0 bridgehead atoms. The fourth-order valence-corrected chi connectivity index (χ4v) is 1.36. The summed E-state index contributed by atoms with van der Waals surface area (Å²) in [6.07, 6.45) is 1.72. The van der Waals surface area contributed by atoms with E-state index in [1.54, 1.807) is 6.20 Å². The van der Waals surface area contributed by atoms with Crippen molar-refractivity contribution in [3.05, 3.63) is 43.5 Å². The molecule has 3 heteroatoms. The average molecular weight is 185 g/mol. The van der Waals surface area contributed by atoms with Crippen molar-refractivity contribution in [2.75, 3.05) is 5.32 Å². The number of nitrogens with one attached hydrogen (secondary N) is 1. The van der Waals surface area contributed by atoms with Crippen LogP contribution in [-0.4, -0.2) is 10.9 Å². The van der Waals surface area contributed by atoms with Crippen LogP contribution in [0.5, 0.6) is 0 Å². The molecule has 1 amide bonds. The van der Waals surface area contributed by atoms with E-state index in [2.05, 4.69) is 17.2 Å². The highest BCUT2D eigenvalue weighted by Gasteiger charge is 2.01. The van der Waals surface area contributed by atoms with Gasteiger partial charge in [0.1, 0.15) is 0 Å². The van der Waals surface area contributed by atoms with E-state index in [0.29, 0.717) is 0 Å². The smallest absolute Gasteiger partial charge is 0.224 e. The number of carbonyl (C=O) groups is 1. The van der Waals surface area contributed by atoms with Crippen molar-refractivity contribution in [3.8, 4) is 0 Å². The highest BCUT2D eigenvalue weighted by atomic mass is 16.1. The van der Waals surface area contributed by atoms with Gasteiger partial charge in [-0.2, -0.15) is 0 Å². The molecule has 0 saturated carbocycles. The molecule has 1 heterocycles. The van der Waals surface area contributed by atoms with Crippen molar-refractivity contribution in [1.29, 1.82) is 0 Å². The second-order valence-corrected chi connectivity index (χ2v) is 2.92. The number of fused-ring (bicyclic) bond motifs is 1. The lowest BCUT2D eigenvalue weighted by Crippen LogP contribution is -2.06. The van der Waals surface area contributed by atoms with Gasteiger partial charge in [-0.25, -0.2) is 0 Å². The van der Waals surface area contributed by atoms with Crippen LogP contribution in [0.3, 0.4) is 0 Å². The second kappa shape index (κ2) is 3.46. The number of hydrogen-bond donors (Lipinski definition) is 1. The standard InChI is InChI=1S/C11H9N2O/c1-8(14)13-11-6-2-5-10-9(11)4-3-7-12-10/h2-7H,1H2,(H,13,14). The number of nitrogens with zero attached hydrogens (tertiary/aromatic N) is 1. The van der Waals surface area contributed by atoms with Gasteiger partial charge in [-0.15, -0.1) is 0 Å². The third-order valence-corrected chi connectivity index (χ3v) is 1.92. The van der Waals surface area contributed by atoms with E-state index in [4.69, 9.17) is 0 Å². The highest BCUT2D eigenvalue weighted by Crippen LogP contribution is 2.20. The molecule has 0 fully saturated rings. The fourth-order valence-electron chi connectivity index (χ4n) is 1.36. The van der Waals surface area contributed by atoms with Gasteiger partial charge in [0.2, 0.25) is 5.91 Å². The Morgan fingerprint density at radius 1 is 1.29 bits per heavy atom. The fraction of sp³-hybridized carbons (Fsp3) is 0. The maximum atomic E-state index is 10.8. The average Bonchev–Trinajstić information content (AvgIpc) is 2.18. The Morgan fingerprint density at radius 3 is 2.93 bits per heavy atom. The van der Waals surface area contributed by atoms with E-state index in [-0.39, 0.29) is 5.91 Å². The molecule has 1 N–H and O–H groups in total. The molecular formula is C11H9N2O. The molecule has 0 aliphatic rings. The molecule has 0 aliphatic carbocycles. The number of benzene rings is 1. The van der Waals surface area contributed by atoms with Gasteiger partial charge in [-0.05, 0) is 24.3 Å². The van der Waals surface area contributed by atoms with Gasteiger partial charge in [0, 0.05) is 18.5 Å². The van der Waals surface area contributed by atoms with Gasteiger partial charge in [0.15, 0.2) is 0 Å². The summed E-state index contributed by atoms with van der Waals surface area (Å²) in [5.41, 5.74) is 1.61. The SMILES string of the molecule is [CH2]C(=O)Nc1cccc2ncccc12. The van der Waals surface area contributed by atoms with Crippen molar-refractivity contribution in [2.24, 2.45) is 0 Å².